The molecule has 0 spiro atoms. The Hall–Kier alpha value is -1.66. The number of hydrazine groups is 1. The summed E-state index contributed by atoms with van der Waals surface area (Å²) in [6.07, 6.45) is 0.820. The van der Waals surface area contributed by atoms with E-state index in [-0.39, 0.29) is 5.82 Å². The van der Waals surface area contributed by atoms with Gasteiger partial charge in [0.2, 0.25) is 0 Å². The van der Waals surface area contributed by atoms with Crippen molar-refractivity contribution in [3.63, 3.8) is 0 Å². The van der Waals surface area contributed by atoms with Gasteiger partial charge in [0.05, 0.1) is 5.75 Å². The van der Waals surface area contributed by atoms with E-state index in [2.05, 4.69) is 15.4 Å². The second-order valence-corrected chi connectivity index (χ2v) is 5.35. The molecule has 0 amide bonds. The van der Waals surface area contributed by atoms with Crippen molar-refractivity contribution < 1.29 is 4.39 Å². The minimum absolute atomic E-state index is 0.238. The number of rotatable bonds is 5. The fourth-order valence-electron chi connectivity index (χ4n) is 1.87. The lowest BCUT2D eigenvalue weighted by molar-refractivity contribution is 0.624. The summed E-state index contributed by atoms with van der Waals surface area (Å²) >= 11 is 1.50. The molecule has 106 valence electrons. The van der Waals surface area contributed by atoms with Gasteiger partial charge in [-0.25, -0.2) is 20.2 Å². The predicted octanol–water partition coefficient (Wildman–Crippen LogP) is 3.06. The first kappa shape index (κ1) is 14.7. The summed E-state index contributed by atoms with van der Waals surface area (Å²) in [5.41, 5.74) is 4.54. The third-order valence-electron chi connectivity index (χ3n) is 2.93. The maximum Gasteiger partial charge on any atom is 0.146 e. The number of hydrogen-bond acceptors (Lipinski definition) is 5. The first-order valence-corrected chi connectivity index (χ1v) is 7.34. The van der Waals surface area contributed by atoms with Crippen molar-refractivity contribution in [3.8, 4) is 0 Å². The van der Waals surface area contributed by atoms with E-state index in [9.17, 15) is 4.39 Å². The van der Waals surface area contributed by atoms with Gasteiger partial charge in [-0.15, -0.1) is 11.8 Å². The number of aryl methyl sites for hydroxylation is 1. The molecule has 1 heterocycles. The summed E-state index contributed by atoms with van der Waals surface area (Å²) in [7, 11) is 0. The maximum atomic E-state index is 13.1. The molecule has 0 aliphatic rings. The average Bonchev–Trinajstić information content (AvgIpc) is 2.46. The number of benzene rings is 1. The molecule has 1 aromatic heterocycles. The van der Waals surface area contributed by atoms with Crippen LogP contribution in [0.5, 0.6) is 0 Å². The summed E-state index contributed by atoms with van der Waals surface area (Å²) in [4.78, 5) is 9.75. The number of halogens is 1. The molecule has 0 aliphatic carbocycles. The van der Waals surface area contributed by atoms with Gasteiger partial charge in [0.25, 0.3) is 0 Å². The van der Waals surface area contributed by atoms with Gasteiger partial charge in [-0.2, -0.15) is 0 Å². The number of thioether (sulfide) groups is 1. The lowest BCUT2D eigenvalue weighted by Crippen LogP contribution is -2.14. The van der Waals surface area contributed by atoms with Crippen molar-refractivity contribution in [3.05, 3.63) is 47.2 Å². The van der Waals surface area contributed by atoms with Gasteiger partial charge >= 0.3 is 0 Å². The van der Waals surface area contributed by atoms with Crippen LogP contribution in [0.2, 0.25) is 0 Å². The van der Waals surface area contributed by atoms with E-state index in [1.165, 1.54) is 23.9 Å². The van der Waals surface area contributed by atoms with E-state index in [0.717, 1.165) is 22.6 Å². The molecule has 6 heteroatoms. The lowest BCUT2D eigenvalue weighted by atomic mass is 10.2. The van der Waals surface area contributed by atoms with E-state index in [1.54, 1.807) is 6.07 Å². The first-order chi connectivity index (χ1) is 9.63. The minimum atomic E-state index is -0.238. The SMILES string of the molecule is CCc1nc(CSc2cccc(F)c2)nc(NN)c1C. The Labute approximate surface area is 122 Å². The fourth-order valence-corrected chi connectivity index (χ4v) is 2.66. The van der Waals surface area contributed by atoms with Crippen LogP contribution in [0, 0.1) is 12.7 Å². The Kier molecular flexibility index (Phi) is 4.92. The molecular weight excluding hydrogens is 275 g/mol. The molecule has 0 radical (unpaired) electrons. The van der Waals surface area contributed by atoms with Gasteiger partial charge in [0, 0.05) is 16.2 Å². The molecule has 0 saturated heterocycles. The number of nitrogens with zero attached hydrogens (tertiary/aromatic N) is 2. The molecular formula is C14H17FN4S. The molecule has 0 fully saturated rings. The summed E-state index contributed by atoms with van der Waals surface area (Å²) < 4.78 is 13.1. The number of anilines is 1. The molecule has 4 nitrogen and oxygen atoms in total. The monoisotopic (exact) mass is 292 g/mol. The Morgan fingerprint density at radius 1 is 1.35 bits per heavy atom. The molecule has 0 atom stereocenters. The van der Waals surface area contributed by atoms with Crippen molar-refractivity contribution in [2.24, 2.45) is 5.84 Å². The zero-order chi connectivity index (χ0) is 14.5. The largest absolute Gasteiger partial charge is 0.308 e. The second-order valence-electron chi connectivity index (χ2n) is 4.30. The summed E-state index contributed by atoms with van der Waals surface area (Å²) in [5.74, 6) is 7.15. The minimum Gasteiger partial charge on any atom is -0.308 e. The average molecular weight is 292 g/mol. The third kappa shape index (κ3) is 3.46. The highest BCUT2D eigenvalue weighted by atomic mass is 32.2. The van der Waals surface area contributed by atoms with Gasteiger partial charge < -0.3 is 5.43 Å². The Bertz CT molecular complexity index is 578. The standard InChI is InChI=1S/C14H17FN4S/c1-3-12-9(2)14(19-16)18-13(17-12)8-20-11-6-4-5-10(15)7-11/h4-7H,3,8,16H2,1-2H3,(H,17,18,19). The van der Waals surface area contributed by atoms with Crippen LogP contribution < -0.4 is 11.3 Å². The van der Waals surface area contributed by atoms with Crippen LogP contribution in [-0.2, 0) is 12.2 Å². The first-order valence-electron chi connectivity index (χ1n) is 6.35. The predicted molar refractivity (Wildman–Crippen MR) is 79.9 cm³/mol. The highest BCUT2D eigenvalue weighted by molar-refractivity contribution is 7.98. The Morgan fingerprint density at radius 2 is 2.15 bits per heavy atom. The number of nitrogen functional groups attached to an aromatic ring is 1. The second kappa shape index (κ2) is 6.67. The lowest BCUT2D eigenvalue weighted by Gasteiger charge is -2.10. The van der Waals surface area contributed by atoms with Gasteiger partial charge in [0.15, 0.2) is 0 Å². The van der Waals surface area contributed by atoms with Crippen molar-refractivity contribution in [1.29, 1.82) is 0 Å². The smallest absolute Gasteiger partial charge is 0.146 e. The molecule has 3 N–H and O–H groups in total. The van der Waals surface area contributed by atoms with Crippen LogP contribution in [-0.4, -0.2) is 9.97 Å². The van der Waals surface area contributed by atoms with Crippen molar-refractivity contribution in [2.45, 2.75) is 30.9 Å². The third-order valence-corrected chi connectivity index (χ3v) is 3.92. The van der Waals surface area contributed by atoms with E-state index in [4.69, 9.17) is 5.84 Å². The number of nitrogens with two attached hydrogens (primary N) is 1. The van der Waals surface area contributed by atoms with Crippen molar-refractivity contribution in [1.82, 2.24) is 9.97 Å². The van der Waals surface area contributed by atoms with Crippen LogP contribution >= 0.6 is 11.8 Å². The van der Waals surface area contributed by atoms with Crippen molar-refractivity contribution >= 4 is 17.6 Å². The maximum absolute atomic E-state index is 13.1. The zero-order valence-corrected chi connectivity index (χ0v) is 12.3. The van der Waals surface area contributed by atoms with Crippen LogP contribution in [0.3, 0.4) is 0 Å². The normalized spacial score (nSPS) is 10.6. The molecule has 0 aliphatic heterocycles. The highest BCUT2D eigenvalue weighted by Gasteiger charge is 2.09. The van der Waals surface area contributed by atoms with Gasteiger partial charge in [-0.3, -0.25) is 0 Å². The number of hydrogen-bond donors (Lipinski definition) is 2. The number of aromatic nitrogens is 2. The molecule has 0 saturated carbocycles. The zero-order valence-electron chi connectivity index (χ0n) is 11.5. The number of nitrogens with one attached hydrogen (secondary N) is 1. The molecule has 1 aromatic carbocycles. The van der Waals surface area contributed by atoms with E-state index >= 15 is 0 Å². The quantitative estimate of drug-likeness (QED) is 0.504. The van der Waals surface area contributed by atoms with E-state index in [1.807, 2.05) is 19.9 Å². The summed E-state index contributed by atoms with van der Waals surface area (Å²) in [6, 6.07) is 6.49. The Morgan fingerprint density at radius 3 is 2.80 bits per heavy atom. The highest BCUT2D eigenvalue weighted by Crippen LogP contribution is 2.23. The van der Waals surface area contributed by atoms with Gasteiger partial charge in [-0.05, 0) is 31.5 Å². The summed E-state index contributed by atoms with van der Waals surface area (Å²) in [5, 5.41) is 0. The van der Waals surface area contributed by atoms with Gasteiger partial charge in [-0.1, -0.05) is 13.0 Å². The summed E-state index contributed by atoms with van der Waals surface area (Å²) in [6.45, 7) is 3.98. The molecule has 0 unspecified atom stereocenters. The van der Waals surface area contributed by atoms with E-state index in [0.29, 0.717) is 17.4 Å². The van der Waals surface area contributed by atoms with Crippen LogP contribution in [0.4, 0.5) is 10.2 Å². The van der Waals surface area contributed by atoms with Crippen LogP contribution in [0.25, 0.3) is 0 Å². The topological polar surface area (TPSA) is 63.8 Å². The molecule has 0 bridgehead atoms. The van der Waals surface area contributed by atoms with Crippen LogP contribution in [0.15, 0.2) is 29.2 Å². The molecule has 20 heavy (non-hydrogen) atoms. The molecule has 2 rings (SSSR count). The Balaban J connectivity index is 2.17. The molecule has 2 aromatic rings. The van der Waals surface area contributed by atoms with Crippen LogP contribution in [0.1, 0.15) is 24.0 Å². The van der Waals surface area contributed by atoms with Gasteiger partial charge in [0.1, 0.15) is 17.5 Å². The van der Waals surface area contributed by atoms with Crippen molar-refractivity contribution in [2.75, 3.05) is 5.43 Å². The van der Waals surface area contributed by atoms with E-state index < -0.39 is 0 Å². The fraction of sp³-hybridized carbons (Fsp3) is 0.286.